The van der Waals surface area contributed by atoms with Crippen molar-refractivity contribution < 1.29 is 0 Å². The van der Waals surface area contributed by atoms with Crippen molar-refractivity contribution in [1.82, 2.24) is 4.57 Å². The van der Waals surface area contributed by atoms with Gasteiger partial charge < -0.3 is 4.57 Å². The van der Waals surface area contributed by atoms with Gasteiger partial charge in [0.15, 0.2) is 4.80 Å². The third-order valence-corrected chi connectivity index (χ3v) is 3.30. The van der Waals surface area contributed by atoms with E-state index in [2.05, 4.69) is 10.1 Å². The zero-order chi connectivity index (χ0) is 10.1. The second kappa shape index (κ2) is 3.34. The molecule has 0 spiro atoms. The molecule has 0 radical (unpaired) electrons. The van der Waals surface area contributed by atoms with E-state index in [1.807, 2.05) is 29.8 Å². The SMILES string of the molecule is CN=c1sc2cc(N=N)ccc2n1C. The first-order chi connectivity index (χ1) is 6.76. The van der Waals surface area contributed by atoms with Gasteiger partial charge in [0.1, 0.15) is 0 Å². The molecule has 1 aromatic heterocycles. The van der Waals surface area contributed by atoms with E-state index in [1.54, 1.807) is 18.4 Å². The standard InChI is InChI=1S/C9H10N4S/c1-11-9-13(2)7-4-3-6(12-10)5-8(7)14-9/h3-5,10H,1-2H3. The molecule has 1 aromatic carbocycles. The van der Waals surface area contributed by atoms with E-state index in [-0.39, 0.29) is 0 Å². The molecule has 14 heavy (non-hydrogen) atoms. The molecule has 4 nitrogen and oxygen atoms in total. The highest BCUT2D eigenvalue weighted by atomic mass is 32.1. The first-order valence-corrected chi connectivity index (χ1v) is 4.98. The summed E-state index contributed by atoms with van der Waals surface area (Å²) in [6.07, 6.45) is 0. The Morgan fingerprint density at radius 1 is 1.43 bits per heavy atom. The highest BCUT2D eigenvalue weighted by molar-refractivity contribution is 7.16. The lowest BCUT2D eigenvalue weighted by Crippen LogP contribution is -2.08. The molecule has 0 atom stereocenters. The van der Waals surface area contributed by atoms with Gasteiger partial charge in [0.05, 0.1) is 15.9 Å². The van der Waals surface area contributed by atoms with Gasteiger partial charge in [0.25, 0.3) is 0 Å². The van der Waals surface area contributed by atoms with Crippen molar-refractivity contribution in [3.8, 4) is 0 Å². The number of thiazole rings is 1. The van der Waals surface area contributed by atoms with Gasteiger partial charge in [-0.15, -0.1) is 0 Å². The van der Waals surface area contributed by atoms with Gasteiger partial charge in [-0.05, 0) is 18.2 Å². The predicted octanol–water partition coefficient (Wildman–Crippen LogP) is 2.43. The fourth-order valence-corrected chi connectivity index (χ4v) is 2.41. The van der Waals surface area contributed by atoms with E-state index in [0.29, 0.717) is 5.69 Å². The Morgan fingerprint density at radius 3 is 2.86 bits per heavy atom. The summed E-state index contributed by atoms with van der Waals surface area (Å²) < 4.78 is 3.15. The Bertz CT molecular complexity index is 549. The maximum Gasteiger partial charge on any atom is 0.185 e. The average Bonchev–Trinajstić information content (AvgIpc) is 2.55. The minimum absolute atomic E-state index is 0.682. The van der Waals surface area contributed by atoms with Crippen LogP contribution in [0.5, 0.6) is 0 Å². The summed E-state index contributed by atoms with van der Waals surface area (Å²) in [4.78, 5) is 5.14. The fraction of sp³-hybridized carbons (Fsp3) is 0.222. The number of nitrogens with one attached hydrogen (secondary N) is 1. The van der Waals surface area contributed by atoms with E-state index in [0.717, 1.165) is 15.0 Å². The number of hydrogen-bond donors (Lipinski definition) is 1. The molecule has 0 amide bonds. The smallest absolute Gasteiger partial charge is 0.185 e. The number of rotatable bonds is 1. The van der Waals surface area contributed by atoms with Crippen LogP contribution in [0.3, 0.4) is 0 Å². The van der Waals surface area contributed by atoms with Crippen LogP contribution in [0.1, 0.15) is 0 Å². The summed E-state index contributed by atoms with van der Waals surface area (Å²) in [7, 11) is 3.76. The molecular weight excluding hydrogens is 196 g/mol. The number of aromatic nitrogens is 1. The van der Waals surface area contributed by atoms with Crippen LogP contribution >= 0.6 is 11.3 Å². The molecule has 0 saturated carbocycles. The Labute approximate surface area is 85.0 Å². The normalized spacial score (nSPS) is 12.3. The maximum absolute atomic E-state index is 6.92. The quantitative estimate of drug-likeness (QED) is 0.697. The largest absolute Gasteiger partial charge is 0.320 e. The zero-order valence-corrected chi connectivity index (χ0v) is 8.80. The molecule has 0 unspecified atom stereocenters. The Morgan fingerprint density at radius 2 is 2.21 bits per heavy atom. The van der Waals surface area contributed by atoms with Crippen molar-refractivity contribution in [3.05, 3.63) is 23.0 Å². The number of benzene rings is 1. The molecule has 0 aliphatic carbocycles. The van der Waals surface area contributed by atoms with Crippen molar-refractivity contribution in [2.24, 2.45) is 17.2 Å². The lowest BCUT2D eigenvalue weighted by atomic mass is 10.3. The van der Waals surface area contributed by atoms with Gasteiger partial charge >= 0.3 is 0 Å². The van der Waals surface area contributed by atoms with Crippen LogP contribution in [0.4, 0.5) is 5.69 Å². The Hall–Kier alpha value is -1.49. The Kier molecular flexibility index (Phi) is 2.17. The van der Waals surface area contributed by atoms with Crippen LogP contribution in [-0.2, 0) is 7.05 Å². The molecule has 72 valence electrons. The first kappa shape index (κ1) is 9.08. The van der Waals surface area contributed by atoms with Crippen molar-refractivity contribution in [1.29, 1.82) is 5.53 Å². The van der Waals surface area contributed by atoms with E-state index < -0.39 is 0 Å². The summed E-state index contributed by atoms with van der Waals surface area (Å²) >= 11 is 1.61. The minimum Gasteiger partial charge on any atom is -0.320 e. The third-order valence-electron chi connectivity index (χ3n) is 2.11. The topological polar surface area (TPSA) is 53.5 Å². The van der Waals surface area contributed by atoms with Crippen molar-refractivity contribution in [3.63, 3.8) is 0 Å². The lowest BCUT2D eigenvalue weighted by molar-refractivity contribution is 0.904. The van der Waals surface area contributed by atoms with E-state index in [4.69, 9.17) is 5.53 Å². The van der Waals surface area contributed by atoms with Gasteiger partial charge in [-0.25, -0.2) is 5.53 Å². The summed E-state index contributed by atoms with van der Waals surface area (Å²) in [5, 5.41) is 3.40. The monoisotopic (exact) mass is 206 g/mol. The summed E-state index contributed by atoms with van der Waals surface area (Å²) in [5.41, 5.74) is 8.73. The molecule has 1 heterocycles. The molecule has 0 saturated heterocycles. The Balaban J connectivity index is 2.86. The molecule has 0 fully saturated rings. The number of nitrogens with zero attached hydrogens (tertiary/aromatic N) is 3. The summed E-state index contributed by atoms with van der Waals surface area (Å²) in [5.74, 6) is 0. The second-order valence-electron chi connectivity index (χ2n) is 2.93. The summed E-state index contributed by atoms with van der Waals surface area (Å²) in [6.45, 7) is 0. The third kappa shape index (κ3) is 1.26. The van der Waals surface area contributed by atoms with Gasteiger partial charge in [-0.1, -0.05) is 11.3 Å². The van der Waals surface area contributed by atoms with E-state index in [9.17, 15) is 0 Å². The van der Waals surface area contributed by atoms with Crippen molar-refractivity contribution in [2.75, 3.05) is 7.05 Å². The maximum atomic E-state index is 6.92. The fourth-order valence-electron chi connectivity index (χ4n) is 1.40. The summed E-state index contributed by atoms with van der Waals surface area (Å²) in [6, 6.07) is 5.71. The second-order valence-corrected chi connectivity index (χ2v) is 3.94. The lowest BCUT2D eigenvalue weighted by Gasteiger charge is -1.94. The van der Waals surface area contributed by atoms with E-state index in [1.165, 1.54) is 0 Å². The van der Waals surface area contributed by atoms with Crippen LogP contribution in [0.2, 0.25) is 0 Å². The van der Waals surface area contributed by atoms with Gasteiger partial charge in [-0.2, -0.15) is 5.11 Å². The van der Waals surface area contributed by atoms with Crippen LogP contribution in [-0.4, -0.2) is 11.6 Å². The van der Waals surface area contributed by atoms with Crippen LogP contribution in [0.25, 0.3) is 10.2 Å². The molecule has 0 aliphatic heterocycles. The molecule has 1 N–H and O–H groups in total. The van der Waals surface area contributed by atoms with Gasteiger partial charge in [-0.3, -0.25) is 4.99 Å². The average molecular weight is 206 g/mol. The first-order valence-electron chi connectivity index (χ1n) is 4.16. The van der Waals surface area contributed by atoms with Crippen LogP contribution in [0, 0.1) is 5.53 Å². The predicted molar refractivity (Wildman–Crippen MR) is 57.1 cm³/mol. The molecule has 2 rings (SSSR count). The molecule has 0 bridgehead atoms. The van der Waals surface area contributed by atoms with Crippen molar-refractivity contribution >= 4 is 27.2 Å². The number of hydrogen-bond acceptors (Lipinski definition) is 4. The highest BCUT2D eigenvalue weighted by Gasteiger charge is 2.02. The molecule has 5 heteroatoms. The van der Waals surface area contributed by atoms with E-state index >= 15 is 0 Å². The van der Waals surface area contributed by atoms with Crippen molar-refractivity contribution in [2.45, 2.75) is 0 Å². The number of fused-ring (bicyclic) bond motifs is 1. The highest BCUT2D eigenvalue weighted by Crippen LogP contribution is 2.22. The molecule has 2 aromatic rings. The molecule has 0 aliphatic rings. The minimum atomic E-state index is 0.682. The van der Waals surface area contributed by atoms with Gasteiger partial charge in [0, 0.05) is 14.1 Å². The zero-order valence-electron chi connectivity index (χ0n) is 7.98. The molecular formula is C9H10N4S. The van der Waals surface area contributed by atoms with Gasteiger partial charge in [0.2, 0.25) is 0 Å². The van der Waals surface area contributed by atoms with Crippen LogP contribution in [0.15, 0.2) is 28.3 Å². The number of aryl methyl sites for hydroxylation is 1. The van der Waals surface area contributed by atoms with Crippen LogP contribution < -0.4 is 4.80 Å².